The van der Waals surface area contributed by atoms with Gasteiger partial charge in [0.1, 0.15) is 10.0 Å². The molecular formula is C12H16N4O2S2. The summed E-state index contributed by atoms with van der Waals surface area (Å²) in [7, 11) is 0. The minimum Gasteiger partial charge on any atom is -0.350 e. The first-order chi connectivity index (χ1) is 9.60. The van der Waals surface area contributed by atoms with Crippen LogP contribution in [0.25, 0.3) is 0 Å². The van der Waals surface area contributed by atoms with Crippen LogP contribution in [0.2, 0.25) is 0 Å². The highest BCUT2D eigenvalue weighted by atomic mass is 32.2. The zero-order valence-corrected chi connectivity index (χ0v) is 13.2. The molecule has 2 aromatic heterocycles. The zero-order valence-electron chi connectivity index (χ0n) is 11.5. The Balaban J connectivity index is 1.81. The molecule has 108 valence electrons. The molecule has 0 atom stereocenters. The Morgan fingerprint density at radius 2 is 2.30 bits per heavy atom. The van der Waals surface area contributed by atoms with Crippen LogP contribution >= 0.6 is 23.1 Å². The number of carbonyl (C=O) groups excluding carboxylic acids is 1. The fraction of sp³-hybridized carbons (Fsp3) is 0.500. The average Bonchev–Trinajstić information content (AvgIpc) is 3.07. The van der Waals surface area contributed by atoms with Crippen LogP contribution < -0.4 is 5.32 Å². The fourth-order valence-corrected chi connectivity index (χ4v) is 2.68. The van der Waals surface area contributed by atoms with Gasteiger partial charge in [-0.3, -0.25) is 4.79 Å². The first kappa shape index (κ1) is 15.0. The second kappa shape index (κ2) is 6.85. The van der Waals surface area contributed by atoms with Crippen LogP contribution in [0, 0.1) is 0 Å². The highest BCUT2D eigenvalue weighted by Crippen LogP contribution is 2.19. The number of thiazole rings is 1. The molecule has 0 aliphatic rings. The van der Waals surface area contributed by atoms with Gasteiger partial charge >= 0.3 is 0 Å². The quantitative estimate of drug-likeness (QED) is 0.825. The Morgan fingerprint density at radius 1 is 1.50 bits per heavy atom. The van der Waals surface area contributed by atoms with E-state index in [0.29, 0.717) is 30.4 Å². The van der Waals surface area contributed by atoms with Crippen LogP contribution in [0.1, 0.15) is 42.0 Å². The molecule has 0 aromatic carbocycles. The first-order valence-corrected chi connectivity index (χ1v) is 8.30. The third-order valence-corrected chi connectivity index (χ3v) is 4.37. The number of rotatable bonds is 6. The number of nitrogens with zero attached hydrogens (tertiary/aromatic N) is 3. The van der Waals surface area contributed by atoms with E-state index in [2.05, 4.69) is 20.4 Å². The van der Waals surface area contributed by atoms with E-state index in [0.717, 1.165) is 4.34 Å². The van der Waals surface area contributed by atoms with Crippen molar-refractivity contribution in [3.8, 4) is 0 Å². The first-order valence-electron chi connectivity index (χ1n) is 6.20. The highest BCUT2D eigenvalue weighted by Gasteiger charge is 2.12. The molecule has 6 nitrogen and oxygen atoms in total. The predicted molar refractivity (Wildman–Crippen MR) is 78.3 cm³/mol. The van der Waals surface area contributed by atoms with Crippen LogP contribution in [0.15, 0.2) is 14.2 Å². The Kier molecular flexibility index (Phi) is 5.13. The highest BCUT2D eigenvalue weighted by molar-refractivity contribution is 8.00. The molecule has 2 aromatic rings. The van der Waals surface area contributed by atoms with Gasteiger partial charge in [-0.05, 0) is 6.26 Å². The molecule has 1 N–H and O–H groups in total. The second-order valence-corrected chi connectivity index (χ2v) is 6.32. The van der Waals surface area contributed by atoms with Gasteiger partial charge in [-0.1, -0.05) is 30.8 Å². The van der Waals surface area contributed by atoms with Crippen LogP contribution in [0.4, 0.5) is 0 Å². The molecule has 1 amide bonds. The lowest BCUT2D eigenvalue weighted by molar-refractivity contribution is 0.0949. The van der Waals surface area contributed by atoms with Crippen molar-refractivity contribution in [3.63, 3.8) is 0 Å². The summed E-state index contributed by atoms with van der Waals surface area (Å²) < 4.78 is 5.98. The third kappa shape index (κ3) is 3.80. The average molecular weight is 312 g/mol. The summed E-state index contributed by atoms with van der Waals surface area (Å²) >= 11 is 2.99. The molecule has 2 heterocycles. The van der Waals surface area contributed by atoms with Gasteiger partial charge in [-0.2, -0.15) is 4.98 Å². The number of thioether (sulfide) groups is 1. The second-order valence-electron chi connectivity index (χ2n) is 4.41. The number of carbonyl (C=O) groups is 1. The predicted octanol–water partition coefficient (Wildman–Crippen LogP) is 2.34. The van der Waals surface area contributed by atoms with E-state index in [-0.39, 0.29) is 11.8 Å². The van der Waals surface area contributed by atoms with E-state index in [4.69, 9.17) is 4.52 Å². The van der Waals surface area contributed by atoms with E-state index in [1.54, 1.807) is 5.38 Å². The maximum absolute atomic E-state index is 11.8. The van der Waals surface area contributed by atoms with Gasteiger partial charge in [-0.15, -0.1) is 11.3 Å². The summed E-state index contributed by atoms with van der Waals surface area (Å²) in [6.07, 6.45) is 2.48. The molecule has 0 radical (unpaired) electrons. The van der Waals surface area contributed by atoms with Gasteiger partial charge in [0.05, 0.1) is 0 Å². The summed E-state index contributed by atoms with van der Waals surface area (Å²) in [4.78, 5) is 20.3. The smallest absolute Gasteiger partial charge is 0.270 e. The molecule has 0 unspecified atom stereocenters. The molecule has 0 spiro atoms. The van der Waals surface area contributed by atoms with E-state index in [9.17, 15) is 4.79 Å². The summed E-state index contributed by atoms with van der Waals surface area (Å²) in [5, 5.41) is 8.42. The Morgan fingerprint density at radius 3 is 2.90 bits per heavy atom. The van der Waals surface area contributed by atoms with Crippen molar-refractivity contribution >= 4 is 29.0 Å². The molecule has 0 bridgehead atoms. The molecule has 0 aliphatic heterocycles. The van der Waals surface area contributed by atoms with Crippen molar-refractivity contribution in [2.24, 2.45) is 0 Å². The van der Waals surface area contributed by atoms with Gasteiger partial charge < -0.3 is 9.84 Å². The summed E-state index contributed by atoms with van der Waals surface area (Å²) in [6, 6.07) is 0. The fourth-order valence-electron chi connectivity index (χ4n) is 1.44. The molecule has 0 saturated carbocycles. The summed E-state index contributed by atoms with van der Waals surface area (Å²) in [5.74, 6) is 1.27. The summed E-state index contributed by atoms with van der Waals surface area (Å²) in [5.41, 5.74) is 0.454. The maximum atomic E-state index is 11.8. The number of hydrogen-bond acceptors (Lipinski definition) is 7. The third-order valence-electron chi connectivity index (χ3n) is 2.50. The largest absolute Gasteiger partial charge is 0.350 e. The van der Waals surface area contributed by atoms with Gasteiger partial charge in [-0.25, -0.2) is 4.98 Å². The standard InChI is InChI=1S/C12H16N4O2S2/c1-7(2)11-15-9(16-18-11)4-5-13-10(17)8-6-20-12(14-8)19-3/h6-7H,4-5H2,1-3H3,(H,13,17). The van der Waals surface area contributed by atoms with E-state index in [1.165, 1.54) is 23.1 Å². The van der Waals surface area contributed by atoms with Gasteiger partial charge in [0, 0.05) is 24.3 Å². The topological polar surface area (TPSA) is 80.9 Å². The molecule has 8 heteroatoms. The van der Waals surface area contributed by atoms with Crippen LogP contribution in [-0.2, 0) is 6.42 Å². The van der Waals surface area contributed by atoms with Crippen LogP contribution in [0.5, 0.6) is 0 Å². The summed E-state index contributed by atoms with van der Waals surface area (Å²) in [6.45, 7) is 4.44. The van der Waals surface area contributed by atoms with Crippen LogP contribution in [0.3, 0.4) is 0 Å². The van der Waals surface area contributed by atoms with Crippen molar-refractivity contribution < 1.29 is 9.32 Å². The minimum absolute atomic E-state index is 0.172. The normalized spacial score (nSPS) is 11.0. The van der Waals surface area contributed by atoms with E-state index in [1.807, 2.05) is 20.1 Å². The van der Waals surface area contributed by atoms with E-state index < -0.39 is 0 Å². The lowest BCUT2D eigenvalue weighted by Gasteiger charge is -2.00. The van der Waals surface area contributed by atoms with Crippen molar-refractivity contribution in [3.05, 3.63) is 22.8 Å². The van der Waals surface area contributed by atoms with Gasteiger partial charge in [0.2, 0.25) is 5.89 Å². The lowest BCUT2D eigenvalue weighted by atomic mass is 10.2. The number of nitrogens with one attached hydrogen (secondary N) is 1. The monoisotopic (exact) mass is 312 g/mol. The van der Waals surface area contributed by atoms with Crippen molar-refractivity contribution in [1.29, 1.82) is 0 Å². The molecule has 0 saturated heterocycles. The van der Waals surface area contributed by atoms with Gasteiger partial charge in [0.25, 0.3) is 5.91 Å². The molecule has 0 aliphatic carbocycles. The molecule has 0 fully saturated rings. The van der Waals surface area contributed by atoms with Crippen molar-refractivity contribution in [1.82, 2.24) is 20.4 Å². The van der Waals surface area contributed by atoms with E-state index >= 15 is 0 Å². The Labute approximate surface area is 125 Å². The van der Waals surface area contributed by atoms with Gasteiger partial charge in [0.15, 0.2) is 5.82 Å². The molecular weight excluding hydrogens is 296 g/mol. The minimum atomic E-state index is -0.172. The Bertz CT molecular complexity index is 580. The lowest BCUT2D eigenvalue weighted by Crippen LogP contribution is -2.26. The van der Waals surface area contributed by atoms with Crippen molar-refractivity contribution in [2.75, 3.05) is 12.8 Å². The molecule has 20 heavy (non-hydrogen) atoms. The van der Waals surface area contributed by atoms with Crippen molar-refractivity contribution in [2.45, 2.75) is 30.5 Å². The van der Waals surface area contributed by atoms with Crippen LogP contribution in [-0.4, -0.2) is 33.8 Å². The zero-order chi connectivity index (χ0) is 14.5. The molecule has 2 rings (SSSR count). The maximum Gasteiger partial charge on any atom is 0.270 e. The Hall–Kier alpha value is -1.41. The number of aromatic nitrogens is 3. The SMILES string of the molecule is CSc1nc(C(=O)NCCc2noc(C(C)C)n2)cs1. The number of amides is 1. The number of hydrogen-bond donors (Lipinski definition) is 1.